The zero-order chi connectivity index (χ0) is 15.2. The molecule has 1 heterocycles. The second-order valence-electron chi connectivity index (χ2n) is 4.44. The van der Waals surface area contributed by atoms with Crippen LogP contribution in [0.1, 0.15) is 15.9 Å². The van der Waals surface area contributed by atoms with Crippen molar-refractivity contribution in [2.24, 2.45) is 5.73 Å². The van der Waals surface area contributed by atoms with Crippen LogP contribution >= 0.6 is 0 Å². The number of hydrogen-bond donors (Lipinski definition) is 2. The molecule has 0 atom stereocenters. The predicted molar refractivity (Wildman–Crippen MR) is 75.6 cm³/mol. The zero-order valence-corrected chi connectivity index (χ0v) is 11.7. The summed E-state index contributed by atoms with van der Waals surface area (Å²) in [5, 5.41) is 7.14. The highest BCUT2D eigenvalue weighted by Gasteiger charge is 2.12. The lowest BCUT2D eigenvalue weighted by Gasteiger charge is -2.11. The van der Waals surface area contributed by atoms with Crippen LogP contribution < -0.4 is 11.1 Å². The van der Waals surface area contributed by atoms with Crippen LogP contribution in [0, 0.1) is 5.82 Å². The van der Waals surface area contributed by atoms with E-state index in [9.17, 15) is 9.18 Å². The van der Waals surface area contributed by atoms with Gasteiger partial charge in [0.1, 0.15) is 5.82 Å². The fourth-order valence-corrected chi connectivity index (χ4v) is 1.91. The number of benzene rings is 1. The standard InChI is InChI=1S/C14H17FN4O2/c1-21-6-5-17-8-11-12(15)3-2-4-13(11)19-9-10(7-18-19)14(16)20/h2-4,7,9,17H,5-6,8H2,1H3,(H2,16,20). The summed E-state index contributed by atoms with van der Waals surface area (Å²) in [6.07, 6.45) is 2.84. The van der Waals surface area contributed by atoms with E-state index in [-0.39, 0.29) is 11.4 Å². The van der Waals surface area contributed by atoms with Crippen LogP contribution in [0.25, 0.3) is 5.69 Å². The fraction of sp³-hybridized carbons (Fsp3) is 0.286. The third-order valence-electron chi connectivity index (χ3n) is 2.99. The molecule has 0 saturated carbocycles. The van der Waals surface area contributed by atoms with Crippen molar-refractivity contribution in [1.82, 2.24) is 15.1 Å². The summed E-state index contributed by atoms with van der Waals surface area (Å²) in [6.45, 7) is 1.48. The number of amides is 1. The van der Waals surface area contributed by atoms with Crippen LogP contribution in [0.2, 0.25) is 0 Å². The van der Waals surface area contributed by atoms with Crippen molar-refractivity contribution in [2.75, 3.05) is 20.3 Å². The average molecular weight is 292 g/mol. The first-order valence-electron chi connectivity index (χ1n) is 6.45. The van der Waals surface area contributed by atoms with E-state index in [2.05, 4.69) is 10.4 Å². The summed E-state index contributed by atoms with van der Waals surface area (Å²) in [4.78, 5) is 11.1. The number of nitrogens with two attached hydrogens (primary N) is 1. The minimum Gasteiger partial charge on any atom is -0.383 e. The van der Waals surface area contributed by atoms with Crippen molar-refractivity contribution in [3.63, 3.8) is 0 Å². The number of hydrogen-bond acceptors (Lipinski definition) is 4. The van der Waals surface area contributed by atoms with Gasteiger partial charge in [0.15, 0.2) is 0 Å². The van der Waals surface area contributed by atoms with Gasteiger partial charge < -0.3 is 15.8 Å². The molecule has 0 fully saturated rings. The molecule has 0 aliphatic rings. The van der Waals surface area contributed by atoms with Gasteiger partial charge in [-0.1, -0.05) is 6.07 Å². The minimum atomic E-state index is -0.572. The third-order valence-corrected chi connectivity index (χ3v) is 2.99. The van der Waals surface area contributed by atoms with Crippen molar-refractivity contribution >= 4 is 5.91 Å². The number of primary amides is 1. The topological polar surface area (TPSA) is 82.2 Å². The molecule has 21 heavy (non-hydrogen) atoms. The smallest absolute Gasteiger partial charge is 0.251 e. The Labute approximate surface area is 121 Å². The number of aromatic nitrogens is 2. The lowest BCUT2D eigenvalue weighted by molar-refractivity contribution is 0.100. The number of carbonyl (C=O) groups excluding carboxylic acids is 1. The molecular formula is C14H17FN4O2. The maximum Gasteiger partial charge on any atom is 0.251 e. The Morgan fingerprint density at radius 1 is 1.52 bits per heavy atom. The quantitative estimate of drug-likeness (QED) is 0.741. The first-order valence-corrected chi connectivity index (χ1v) is 6.45. The van der Waals surface area contributed by atoms with Crippen molar-refractivity contribution < 1.29 is 13.9 Å². The minimum absolute atomic E-state index is 0.276. The van der Waals surface area contributed by atoms with E-state index in [0.717, 1.165) is 0 Å². The van der Waals surface area contributed by atoms with Crippen LogP contribution in [0.3, 0.4) is 0 Å². The van der Waals surface area contributed by atoms with Crippen LogP contribution in [-0.4, -0.2) is 35.9 Å². The monoisotopic (exact) mass is 292 g/mol. The Morgan fingerprint density at radius 2 is 2.33 bits per heavy atom. The normalized spacial score (nSPS) is 10.8. The molecular weight excluding hydrogens is 275 g/mol. The molecule has 3 N–H and O–H groups in total. The molecule has 0 spiro atoms. The first kappa shape index (κ1) is 15.1. The van der Waals surface area contributed by atoms with Gasteiger partial charge in [0, 0.05) is 32.0 Å². The largest absolute Gasteiger partial charge is 0.383 e. The third kappa shape index (κ3) is 3.65. The molecule has 0 aliphatic heterocycles. The van der Waals surface area contributed by atoms with Gasteiger partial charge in [0.05, 0.1) is 24.1 Å². The number of nitrogens with one attached hydrogen (secondary N) is 1. The first-order chi connectivity index (χ1) is 10.1. The van der Waals surface area contributed by atoms with E-state index >= 15 is 0 Å². The van der Waals surface area contributed by atoms with E-state index in [1.54, 1.807) is 19.2 Å². The van der Waals surface area contributed by atoms with Crippen LogP contribution in [0.5, 0.6) is 0 Å². The van der Waals surface area contributed by atoms with Gasteiger partial charge in [-0.15, -0.1) is 0 Å². The molecule has 2 rings (SSSR count). The summed E-state index contributed by atoms with van der Waals surface area (Å²) >= 11 is 0. The van der Waals surface area contributed by atoms with Gasteiger partial charge in [-0.25, -0.2) is 9.07 Å². The molecule has 1 aromatic carbocycles. The summed E-state index contributed by atoms with van der Waals surface area (Å²) in [5.41, 5.74) is 6.50. The van der Waals surface area contributed by atoms with E-state index in [1.165, 1.54) is 23.1 Å². The number of ether oxygens (including phenoxy) is 1. The van der Waals surface area contributed by atoms with Crippen LogP contribution in [0.4, 0.5) is 4.39 Å². The average Bonchev–Trinajstić information content (AvgIpc) is 2.94. The van der Waals surface area contributed by atoms with Crippen molar-refractivity contribution in [3.8, 4) is 5.69 Å². The second-order valence-corrected chi connectivity index (χ2v) is 4.44. The maximum atomic E-state index is 14.0. The molecule has 0 saturated heterocycles. The molecule has 0 unspecified atom stereocenters. The van der Waals surface area contributed by atoms with Crippen molar-refractivity contribution in [3.05, 3.63) is 47.5 Å². The molecule has 7 heteroatoms. The number of nitrogens with zero attached hydrogens (tertiary/aromatic N) is 2. The highest BCUT2D eigenvalue weighted by molar-refractivity contribution is 5.92. The van der Waals surface area contributed by atoms with E-state index in [1.807, 2.05) is 0 Å². The highest BCUT2D eigenvalue weighted by Crippen LogP contribution is 2.18. The Balaban J connectivity index is 2.25. The zero-order valence-electron chi connectivity index (χ0n) is 11.7. The summed E-state index contributed by atoms with van der Waals surface area (Å²) in [5.74, 6) is -0.911. The predicted octanol–water partition coefficient (Wildman–Crippen LogP) is 0.846. The van der Waals surface area contributed by atoms with E-state index in [4.69, 9.17) is 10.5 Å². The van der Waals surface area contributed by atoms with Gasteiger partial charge in [-0.2, -0.15) is 5.10 Å². The molecule has 0 radical (unpaired) electrons. The van der Waals surface area contributed by atoms with Gasteiger partial charge in [0.25, 0.3) is 5.91 Å². The molecule has 112 valence electrons. The lowest BCUT2D eigenvalue weighted by Crippen LogP contribution is -2.20. The van der Waals surface area contributed by atoms with Gasteiger partial charge in [0.2, 0.25) is 0 Å². The van der Waals surface area contributed by atoms with Gasteiger partial charge >= 0.3 is 0 Å². The SMILES string of the molecule is COCCNCc1c(F)cccc1-n1cc(C(N)=O)cn1. The van der Waals surface area contributed by atoms with Gasteiger partial charge in [-0.05, 0) is 12.1 Å². The van der Waals surface area contributed by atoms with Gasteiger partial charge in [-0.3, -0.25) is 4.79 Å². The number of rotatable bonds is 7. The number of halogens is 1. The Kier molecular flexibility index (Phi) is 5.02. The Hall–Kier alpha value is -2.25. The Bertz CT molecular complexity index is 627. The molecule has 1 amide bonds. The van der Waals surface area contributed by atoms with Crippen LogP contribution in [-0.2, 0) is 11.3 Å². The number of carbonyl (C=O) groups is 1. The van der Waals surface area contributed by atoms with E-state index < -0.39 is 5.91 Å². The fourth-order valence-electron chi connectivity index (χ4n) is 1.91. The van der Waals surface area contributed by atoms with Crippen molar-refractivity contribution in [1.29, 1.82) is 0 Å². The molecule has 6 nitrogen and oxygen atoms in total. The summed E-state index contributed by atoms with van der Waals surface area (Å²) < 4.78 is 20.4. The summed E-state index contributed by atoms with van der Waals surface area (Å²) in [7, 11) is 1.60. The molecule has 2 aromatic rings. The lowest BCUT2D eigenvalue weighted by atomic mass is 10.1. The van der Waals surface area contributed by atoms with Crippen molar-refractivity contribution in [2.45, 2.75) is 6.54 Å². The highest BCUT2D eigenvalue weighted by atomic mass is 19.1. The maximum absolute atomic E-state index is 14.0. The Morgan fingerprint density at radius 3 is 3.00 bits per heavy atom. The van der Waals surface area contributed by atoms with E-state index in [0.29, 0.717) is 30.9 Å². The number of methoxy groups -OCH3 is 1. The molecule has 0 aliphatic carbocycles. The second kappa shape index (κ2) is 6.96. The van der Waals surface area contributed by atoms with Crippen LogP contribution in [0.15, 0.2) is 30.6 Å². The molecule has 1 aromatic heterocycles. The molecule has 0 bridgehead atoms. The summed E-state index contributed by atoms with van der Waals surface area (Å²) in [6, 6.07) is 4.71.